The number of benzene rings is 1. The van der Waals surface area contributed by atoms with Gasteiger partial charge in [0.2, 0.25) is 5.95 Å². The van der Waals surface area contributed by atoms with Crippen molar-refractivity contribution in [3.8, 4) is 0 Å². The number of nitrogens with one attached hydrogen (secondary N) is 1. The van der Waals surface area contributed by atoms with Crippen molar-refractivity contribution < 1.29 is 0 Å². The van der Waals surface area contributed by atoms with Gasteiger partial charge >= 0.3 is 0 Å². The summed E-state index contributed by atoms with van der Waals surface area (Å²) in [5, 5.41) is 4.61. The fourth-order valence-electron chi connectivity index (χ4n) is 2.53. The highest BCUT2D eigenvalue weighted by molar-refractivity contribution is 7.80. The van der Waals surface area contributed by atoms with Crippen molar-refractivity contribution in [2.75, 3.05) is 36.4 Å². The van der Waals surface area contributed by atoms with Crippen LogP contribution >= 0.6 is 23.8 Å². The lowest BCUT2D eigenvalue weighted by atomic mass is 10.3. The molecule has 0 amide bonds. The van der Waals surface area contributed by atoms with Crippen molar-refractivity contribution in [3.05, 3.63) is 47.7 Å². The number of para-hydroxylation sites is 1. The fraction of sp³-hybridized carbons (Fsp3) is 0.312. The monoisotopic (exact) mass is 347 g/mol. The van der Waals surface area contributed by atoms with E-state index in [2.05, 4.69) is 25.1 Å². The fourth-order valence-corrected chi connectivity index (χ4v) is 3.01. The summed E-state index contributed by atoms with van der Waals surface area (Å²) < 4.78 is 0. The molecule has 0 bridgehead atoms. The van der Waals surface area contributed by atoms with E-state index in [9.17, 15) is 0 Å². The molecule has 0 aliphatic carbocycles. The molecule has 3 rings (SSSR count). The first-order chi connectivity index (χ1) is 11.2. The number of thiocarbonyl (C=S) groups is 1. The van der Waals surface area contributed by atoms with Gasteiger partial charge in [0, 0.05) is 38.6 Å². The Morgan fingerprint density at radius 1 is 1.04 bits per heavy atom. The predicted octanol–water partition coefficient (Wildman–Crippen LogP) is 3.04. The quantitative estimate of drug-likeness (QED) is 0.842. The lowest BCUT2D eigenvalue weighted by Crippen LogP contribution is -2.38. The highest BCUT2D eigenvalue weighted by Gasteiger charge is 2.18. The van der Waals surface area contributed by atoms with Crippen molar-refractivity contribution in [2.24, 2.45) is 0 Å². The Morgan fingerprint density at radius 3 is 2.61 bits per heavy atom. The van der Waals surface area contributed by atoms with Gasteiger partial charge in [0.25, 0.3) is 0 Å². The molecule has 0 radical (unpaired) electrons. The second-order valence-electron chi connectivity index (χ2n) is 5.29. The summed E-state index contributed by atoms with van der Waals surface area (Å²) in [6.07, 6.45) is 4.55. The van der Waals surface area contributed by atoms with Gasteiger partial charge in [-0.2, -0.15) is 0 Å². The van der Waals surface area contributed by atoms with E-state index in [0.717, 1.165) is 44.2 Å². The van der Waals surface area contributed by atoms with Crippen LogP contribution in [0, 0.1) is 0 Å². The van der Waals surface area contributed by atoms with Crippen molar-refractivity contribution in [3.63, 3.8) is 0 Å². The van der Waals surface area contributed by atoms with E-state index in [1.807, 2.05) is 30.3 Å². The van der Waals surface area contributed by atoms with E-state index in [-0.39, 0.29) is 0 Å². The molecule has 0 saturated carbocycles. The molecule has 1 fully saturated rings. The maximum Gasteiger partial charge on any atom is 0.225 e. The van der Waals surface area contributed by atoms with E-state index in [4.69, 9.17) is 23.8 Å². The van der Waals surface area contributed by atoms with Gasteiger partial charge in [0.1, 0.15) is 0 Å². The molecule has 1 saturated heterocycles. The van der Waals surface area contributed by atoms with E-state index in [1.165, 1.54) is 0 Å². The third-order valence-electron chi connectivity index (χ3n) is 3.73. The Balaban J connectivity index is 1.61. The highest BCUT2D eigenvalue weighted by atomic mass is 35.5. The van der Waals surface area contributed by atoms with Gasteiger partial charge in [-0.25, -0.2) is 9.97 Å². The summed E-state index contributed by atoms with van der Waals surface area (Å²) in [4.78, 5) is 13.0. The predicted molar refractivity (Wildman–Crippen MR) is 98.1 cm³/mol. The molecule has 1 aromatic carbocycles. The number of aromatic nitrogens is 2. The molecular formula is C16H18ClN5S. The van der Waals surface area contributed by atoms with Gasteiger partial charge in [0.15, 0.2) is 5.11 Å². The molecule has 1 aliphatic rings. The molecule has 2 heterocycles. The summed E-state index contributed by atoms with van der Waals surface area (Å²) in [6.45, 7) is 3.50. The first kappa shape index (κ1) is 16.0. The molecule has 5 nitrogen and oxygen atoms in total. The molecule has 1 N–H and O–H groups in total. The zero-order chi connectivity index (χ0) is 16.1. The number of anilines is 2. The Bertz CT molecular complexity index is 667. The summed E-state index contributed by atoms with van der Waals surface area (Å²) in [5.41, 5.74) is 0.840. The van der Waals surface area contributed by atoms with E-state index in [0.29, 0.717) is 10.1 Å². The molecule has 0 atom stereocenters. The van der Waals surface area contributed by atoms with Gasteiger partial charge in [-0.05, 0) is 36.8 Å². The topological polar surface area (TPSA) is 44.3 Å². The van der Waals surface area contributed by atoms with Crippen molar-refractivity contribution >= 4 is 40.6 Å². The van der Waals surface area contributed by atoms with Crippen LogP contribution < -0.4 is 10.2 Å². The van der Waals surface area contributed by atoms with Crippen LogP contribution in [0.25, 0.3) is 0 Å². The standard InChI is InChI=1S/C16H18ClN5S/c17-13-5-1-2-6-14(13)20-16(23)22-10-4-9-21(11-12-22)15-18-7-3-8-19-15/h1-3,5-8H,4,9-12H2,(H,20,23). The van der Waals surface area contributed by atoms with Crippen molar-refractivity contribution in [1.82, 2.24) is 14.9 Å². The number of rotatable bonds is 2. The number of halogens is 1. The van der Waals surface area contributed by atoms with Crippen LogP contribution in [0.15, 0.2) is 42.7 Å². The van der Waals surface area contributed by atoms with Crippen LogP contribution in [0.4, 0.5) is 11.6 Å². The minimum atomic E-state index is 0.670. The maximum absolute atomic E-state index is 6.18. The van der Waals surface area contributed by atoms with Gasteiger partial charge in [0.05, 0.1) is 10.7 Å². The van der Waals surface area contributed by atoms with Crippen molar-refractivity contribution in [1.29, 1.82) is 0 Å². The van der Waals surface area contributed by atoms with E-state index >= 15 is 0 Å². The third kappa shape index (κ3) is 4.09. The molecule has 2 aromatic rings. The van der Waals surface area contributed by atoms with Crippen LogP contribution in [0.1, 0.15) is 6.42 Å². The minimum Gasteiger partial charge on any atom is -0.347 e. The summed E-state index contributed by atoms with van der Waals surface area (Å²) in [7, 11) is 0. The van der Waals surface area contributed by atoms with Crippen LogP contribution in [-0.2, 0) is 0 Å². The smallest absolute Gasteiger partial charge is 0.225 e. The first-order valence-electron chi connectivity index (χ1n) is 7.56. The second-order valence-corrected chi connectivity index (χ2v) is 6.08. The Labute approximate surface area is 146 Å². The third-order valence-corrected chi connectivity index (χ3v) is 4.42. The second kappa shape index (κ2) is 7.57. The number of hydrogen-bond acceptors (Lipinski definition) is 4. The summed E-state index contributed by atoms with van der Waals surface area (Å²) >= 11 is 11.7. The number of hydrogen-bond donors (Lipinski definition) is 1. The zero-order valence-corrected chi connectivity index (χ0v) is 14.2. The van der Waals surface area contributed by atoms with Crippen LogP contribution in [0.5, 0.6) is 0 Å². The molecule has 1 aliphatic heterocycles. The maximum atomic E-state index is 6.18. The summed E-state index contributed by atoms with van der Waals surface area (Å²) in [6, 6.07) is 9.45. The largest absolute Gasteiger partial charge is 0.347 e. The molecule has 1 aromatic heterocycles. The molecular weight excluding hydrogens is 330 g/mol. The first-order valence-corrected chi connectivity index (χ1v) is 8.35. The Kier molecular flexibility index (Phi) is 5.25. The van der Waals surface area contributed by atoms with Gasteiger partial charge in [-0.1, -0.05) is 23.7 Å². The normalized spacial score (nSPS) is 15.2. The van der Waals surface area contributed by atoms with Crippen LogP contribution in [0.2, 0.25) is 5.02 Å². The lowest BCUT2D eigenvalue weighted by molar-refractivity contribution is 0.454. The highest BCUT2D eigenvalue weighted by Crippen LogP contribution is 2.21. The lowest BCUT2D eigenvalue weighted by Gasteiger charge is -2.25. The summed E-state index contributed by atoms with van der Waals surface area (Å²) in [5.74, 6) is 0.777. The van der Waals surface area contributed by atoms with E-state index in [1.54, 1.807) is 12.4 Å². The number of nitrogens with zero attached hydrogens (tertiary/aromatic N) is 4. The molecule has 7 heteroatoms. The average molecular weight is 348 g/mol. The van der Waals surface area contributed by atoms with Crippen LogP contribution in [-0.4, -0.2) is 46.2 Å². The Morgan fingerprint density at radius 2 is 1.83 bits per heavy atom. The SMILES string of the molecule is S=C(Nc1ccccc1Cl)N1CCCN(c2ncccn2)CC1. The Hall–Kier alpha value is -1.92. The molecule has 120 valence electrons. The molecule has 0 spiro atoms. The van der Waals surface area contributed by atoms with Gasteiger partial charge < -0.3 is 15.1 Å². The van der Waals surface area contributed by atoms with E-state index < -0.39 is 0 Å². The average Bonchev–Trinajstić information content (AvgIpc) is 2.84. The molecule has 0 unspecified atom stereocenters. The van der Waals surface area contributed by atoms with Crippen molar-refractivity contribution in [2.45, 2.75) is 6.42 Å². The van der Waals surface area contributed by atoms with Gasteiger partial charge in [-0.15, -0.1) is 0 Å². The zero-order valence-electron chi connectivity index (χ0n) is 12.7. The minimum absolute atomic E-state index is 0.670. The molecule has 23 heavy (non-hydrogen) atoms. The van der Waals surface area contributed by atoms with Crippen LogP contribution in [0.3, 0.4) is 0 Å². The van der Waals surface area contributed by atoms with Gasteiger partial charge in [-0.3, -0.25) is 0 Å².